The quantitative estimate of drug-likeness (QED) is 0.651. The maximum atomic E-state index is 13.4. The smallest absolute Gasteiger partial charge is 0.243 e. The maximum Gasteiger partial charge on any atom is 0.243 e. The summed E-state index contributed by atoms with van der Waals surface area (Å²) in [6, 6.07) is 2.97. The fourth-order valence-corrected chi connectivity index (χ4v) is 2.82. The van der Waals surface area contributed by atoms with E-state index in [-0.39, 0.29) is 6.54 Å². The zero-order valence-corrected chi connectivity index (χ0v) is 11.6. The third-order valence-corrected chi connectivity index (χ3v) is 4.18. The number of benzene rings is 1. The molecule has 1 N–H and O–H groups in total. The van der Waals surface area contributed by atoms with Crippen LogP contribution in [-0.2, 0) is 16.6 Å². The van der Waals surface area contributed by atoms with Gasteiger partial charge in [0.15, 0.2) is 17.5 Å². The SMILES string of the molecule is O=S(=O)(NCCCn1cccn1)c1ccc(F)c(F)c1F. The highest BCUT2D eigenvalue weighted by atomic mass is 32.2. The van der Waals surface area contributed by atoms with Gasteiger partial charge in [-0.1, -0.05) is 0 Å². The standard InChI is InChI=1S/C12H12F3N3O2S/c13-9-3-4-10(12(15)11(9)14)21(19,20)17-6-2-8-18-7-1-5-16-18/h1,3-5,7,17H,2,6,8H2. The predicted molar refractivity (Wildman–Crippen MR) is 68.3 cm³/mol. The summed E-state index contributed by atoms with van der Waals surface area (Å²) in [5.41, 5.74) is 0. The van der Waals surface area contributed by atoms with Gasteiger partial charge in [-0.05, 0) is 24.6 Å². The molecule has 0 bridgehead atoms. The van der Waals surface area contributed by atoms with Crippen LogP contribution in [0, 0.1) is 17.5 Å². The second kappa shape index (κ2) is 6.27. The number of nitrogens with one attached hydrogen (secondary N) is 1. The Morgan fingerprint density at radius 1 is 1.19 bits per heavy atom. The van der Waals surface area contributed by atoms with Crippen LogP contribution in [0.15, 0.2) is 35.5 Å². The number of hydrogen-bond donors (Lipinski definition) is 1. The van der Waals surface area contributed by atoms with Gasteiger partial charge in [0.2, 0.25) is 10.0 Å². The van der Waals surface area contributed by atoms with Crippen molar-refractivity contribution in [3.05, 3.63) is 48.0 Å². The Morgan fingerprint density at radius 3 is 2.62 bits per heavy atom. The topological polar surface area (TPSA) is 64.0 Å². The maximum absolute atomic E-state index is 13.4. The fraction of sp³-hybridized carbons (Fsp3) is 0.250. The van der Waals surface area contributed by atoms with E-state index in [4.69, 9.17) is 0 Å². The number of rotatable bonds is 6. The Bertz CT molecular complexity index is 718. The van der Waals surface area contributed by atoms with Crippen molar-refractivity contribution in [1.29, 1.82) is 0 Å². The van der Waals surface area contributed by atoms with Crippen LogP contribution in [0.5, 0.6) is 0 Å². The zero-order valence-electron chi connectivity index (χ0n) is 10.8. The van der Waals surface area contributed by atoms with E-state index in [1.165, 1.54) is 0 Å². The van der Waals surface area contributed by atoms with Gasteiger partial charge < -0.3 is 0 Å². The van der Waals surface area contributed by atoms with Crippen molar-refractivity contribution in [2.24, 2.45) is 0 Å². The molecule has 0 radical (unpaired) electrons. The van der Waals surface area contributed by atoms with Gasteiger partial charge in [-0.2, -0.15) is 5.10 Å². The van der Waals surface area contributed by atoms with Gasteiger partial charge >= 0.3 is 0 Å². The van der Waals surface area contributed by atoms with E-state index in [0.29, 0.717) is 25.1 Å². The Morgan fingerprint density at radius 2 is 1.95 bits per heavy atom. The first-order valence-electron chi connectivity index (χ1n) is 6.02. The van der Waals surface area contributed by atoms with Gasteiger partial charge in [0.25, 0.3) is 0 Å². The molecule has 2 rings (SSSR count). The molecule has 0 saturated carbocycles. The highest BCUT2D eigenvalue weighted by Gasteiger charge is 2.23. The summed E-state index contributed by atoms with van der Waals surface area (Å²) in [6.07, 6.45) is 3.70. The van der Waals surface area contributed by atoms with Gasteiger partial charge in [-0.25, -0.2) is 26.3 Å². The van der Waals surface area contributed by atoms with Crippen molar-refractivity contribution >= 4 is 10.0 Å². The highest BCUT2D eigenvalue weighted by molar-refractivity contribution is 7.89. The van der Waals surface area contributed by atoms with Crippen LogP contribution in [0.25, 0.3) is 0 Å². The molecule has 0 saturated heterocycles. The summed E-state index contributed by atoms with van der Waals surface area (Å²) in [7, 11) is -4.23. The van der Waals surface area contributed by atoms with Crippen molar-refractivity contribution < 1.29 is 21.6 Å². The van der Waals surface area contributed by atoms with Crippen LogP contribution in [0.1, 0.15) is 6.42 Å². The molecule has 21 heavy (non-hydrogen) atoms. The summed E-state index contributed by atoms with van der Waals surface area (Å²) in [5, 5.41) is 3.93. The third-order valence-electron chi connectivity index (χ3n) is 2.70. The molecule has 0 aliphatic carbocycles. The number of halogens is 3. The molecular weight excluding hydrogens is 307 g/mol. The molecule has 1 heterocycles. The van der Waals surface area contributed by atoms with Gasteiger partial charge in [0, 0.05) is 25.5 Å². The van der Waals surface area contributed by atoms with Crippen molar-refractivity contribution in [1.82, 2.24) is 14.5 Å². The summed E-state index contributed by atoms with van der Waals surface area (Å²) < 4.78 is 66.6. The molecule has 2 aromatic rings. The minimum absolute atomic E-state index is 0.0145. The molecular formula is C12H12F3N3O2S. The number of hydrogen-bond acceptors (Lipinski definition) is 3. The van der Waals surface area contributed by atoms with Gasteiger partial charge in [-0.15, -0.1) is 0 Å². The summed E-state index contributed by atoms with van der Waals surface area (Å²) >= 11 is 0. The molecule has 0 spiro atoms. The monoisotopic (exact) mass is 319 g/mol. The third kappa shape index (κ3) is 3.61. The summed E-state index contributed by atoms with van der Waals surface area (Å²) in [6.45, 7) is 0.483. The van der Waals surface area contributed by atoms with E-state index >= 15 is 0 Å². The van der Waals surface area contributed by atoms with E-state index in [2.05, 4.69) is 9.82 Å². The lowest BCUT2D eigenvalue weighted by Gasteiger charge is -2.08. The first kappa shape index (κ1) is 15.5. The Labute approximate surface area is 119 Å². The molecule has 0 amide bonds. The number of sulfonamides is 1. The van der Waals surface area contributed by atoms with Gasteiger partial charge in [0.05, 0.1) is 0 Å². The largest absolute Gasteiger partial charge is 0.273 e. The molecule has 0 atom stereocenters. The fourth-order valence-electron chi connectivity index (χ4n) is 1.67. The Hall–Kier alpha value is -1.87. The van der Waals surface area contributed by atoms with E-state index in [1.54, 1.807) is 23.1 Å². The van der Waals surface area contributed by atoms with Crippen LogP contribution in [0.3, 0.4) is 0 Å². The average Bonchev–Trinajstić information content (AvgIpc) is 2.94. The van der Waals surface area contributed by atoms with Crippen molar-refractivity contribution in [3.8, 4) is 0 Å². The molecule has 5 nitrogen and oxygen atoms in total. The van der Waals surface area contributed by atoms with Crippen LogP contribution < -0.4 is 4.72 Å². The number of nitrogens with zero attached hydrogens (tertiary/aromatic N) is 2. The lowest BCUT2D eigenvalue weighted by atomic mass is 10.3. The first-order valence-corrected chi connectivity index (χ1v) is 7.51. The second-order valence-electron chi connectivity index (χ2n) is 4.19. The van der Waals surface area contributed by atoms with E-state index in [1.807, 2.05) is 0 Å². The molecule has 1 aromatic heterocycles. The second-order valence-corrected chi connectivity index (χ2v) is 5.93. The highest BCUT2D eigenvalue weighted by Crippen LogP contribution is 2.19. The summed E-state index contributed by atoms with van der Waals surface area (Å²) in [4.78, 5) is -0.916. The lowest BCUT2D eigenvalue weighted by Crippen LogP contribution is -2.27. The Kier molecular flexibility index (Phi) is 4.63. The number of aryl methyl sites for hydroxylation is 1. The predicted octanol–water partition coefficient (Wildman–Crippen LogP) is 1.67. The van der Waals surface area contributed by atoms with Gasteiger partial charge in [-0.3, -0.25) is 4.68 Å². The van der Waals surface area contributed by atoms with Crippen molar-refractivity contribution in [2.45, 2.75) is 17.9 Å². The number of aromatic nitrogens is 2. The lowest BCUT2D eigenvalue weighted by molar-refractivity contribution is 0.431. The first-order chi connectivity index (χ1) is 9.92. The van der Waals surface area contributed by atoms with Crippen LogP contribution in [0.2, 0.25) is 0 Å². The molecule has 1 aromatic carbocycles. The van der Waals surface area contributed by atoms with Crippen molar-refractivity contribution in [3.63, 3.8) is 0 Å². The minimum atomic E-state index is -4.23. The average molecular weight is 319 g/mol. The van der Waals surface area contributed by atoms with Crippen molar-refractivity contribution in [2.75, 3.05) is 6.54 Å². The molecule has 0 aliphatic heterocycles. The zero-order chi connectivity index (χ0) is 15.5. The van der Waals surface area contributed by atoms with Crippen LogP contribution in [-0.4, -0.2) is 24.7 Å². The molecule has 0 unspecified atom stereocenters. The molecule has 114 valence electrons. The molecule has 0 fully saturated rings. The van der Waals surface area contributed by atoms with E-state index in [9.17, 15) is 21.6 Å². The summed E-state index contributed by atoms with van der Waals surface area (Å²) in [5.74, 6) is -4.98. The normalized spacial score (nSPS) is 11.8. The van der Waals surface area contributed by atoms with E-state index in [0.717, 1.165) is 0 Å². The Balaban J connectivity index is 2.00. The van der Waals surface area contributed by atoms with Gasteiger partial charge in [0.1, 0.15) is 4.90 Å². The minimum Gasteiger partial charge on any atom is -0.273 e. The van der Waals surface area contributed by atoms with E-state index < -0.39 is 32.4 Å². The molecule has 0 aliphatic rings. The van der Waals surface area contributed by atoms with Crippen LogP contribution in [0.4, 0.5) is 13.2 Å². The van der Waals surface area contributed by atoms with Crippen LogP contribution >= 0.6 is 0 Å². The molecule has 9 heteroatoms.